The predicted molar refractivity (Wildman–Crippen MR) is 143 cm³/mol. The van der Waals surface area contributed by atoms with Gasteiger partial charge in [0.1, 0.15) is 18.4 Å². The van der Waals surface area contributed by atoms with E-state index in [9.17, 15) is 18.0 Å². The summed E-state index contributed by atoms with van der Waals surface area (Å²) >= 11 is 0. The summed E-state index contributed by atoms with van der Waals surface area (Å²) < 4.78 is 39.6. The highest BCUT2D eigenvalue weighted by molar-refractivity contribution is 7.92. The van der Waals surface area contributed by atoms with Crippen LogP contribution in [0.15, 0.2) is 114 Å². The number of anilines is 1. The van der Waals surface area contributed by atoms with Gasteiger partial charge in [0.2, 0.25) is 0 Å². The van der Waals surface area contributed by atoms with Gasteiger partial charge in [0.25, 0.3) is 15.9 Å². The maximum absolute atomic E-state index is 13.0. The first-order chi connectivity index (χ1) is 18.3. The van der Waals surface area contributed by atoms with Gasteiger partial charge in [-0.15, -0.1) is 0 Å². The number of carbonyl (C=O) groups is 2. The molecule has 0 aliphatic heterocycles. The van der Waals surface area contributed by atoms with Crippen molar-refractivity contribution in [3.05, 3.63) is 120 Å². The van der Waals surface area contributed by atoms with Crippen molar-refractivity contribution in [3.8, 4) is 11.5 Å². The zero-order valence-corrected chi connectivity index (χ0v) is 21.4. The lowest BCUT2D eigenvalue weighted by atomic mass is 10.2. The number of carbonyl (C=O) groups excluding carboxylic acids is 2. The highest BCUT2D eigenvalue weighted by Crippen LogP contribution is 2.30. The van der Waals surface area contributed by atoms with Crippen molar-refractivity contribution in [2.24, 2.45) is 0 Å². The van der Waals surface area contributed by atoms with Gasteiger partial charge in [0.05, 0.1) is 10.6 Å². The first-order valence-corrected chi connectivity index (χ1v) is 13.3. The van der Waals surface area contributed by atoms with Gasteiger partial charge in [-0.1, -0.05) is 60.7 Å². The highest BCUT2D eigenvalue weighted by atomic mass is 32.2. The number of para-hydroxylation sites is 3. The fourth-order valence-electron chi connectivity index (χ4n) is 3.44. The molecule has 0 aliphatic rings. The van der Waals surface area contributed by atoms with Gasteiger partial charge in [-0.2, -0.15) is 0 Å². The largest absolute Gasteiger partial charge is 0.459 e. The molecular weight excluding hydrogens is 504 g/mol. The zero-order chi connectivity index (χ0) is 27.0. The van der Waals surface area contributed by atoms with E-state index in [4.69, 9.17) is 9.47 Å². The maximum atomic E-state index is 13.0. The van der Waals surface area contributed by atoms with Crippen LogP contribution in [0.5, 0.6) is 11.5 Å². The Balaban J connectivity index is 1.38. The van der Waals surface area contributed by atoms with Crippen LogP contribution in [-0.2, 0) is 26.2 Å². The molecule has 9 heteroatoms. The third-order valence-corrected chi connectivity index (χ3v) is 6.84. The van der Waals surface area contributed by atoms with E-state index in [1.165, 1.54) is 31.2 Å². The van der Waals surface area contributed by atoms with Gasteiger partial charge in [-0.25, -0.2) is 13.2 Å². The van der Waals surface area contributed by atoms with Gasteiger partial charge in [0.15, 0.2) is 5.75 Å². The Morgan fingerprint density at radius 2 is 1.39 bits per heavy atom. The smallest absolute Gasteiger partial charge is 0.328 e. The van der Waals surface area contributed by atoms with Crippen LogP contribution in [0.3, 0.4) is 0 Å². The Labute approximate surface area is 221 Å². The van der Waals surface area contributed by atoms with Crippen molar-refractivity contribution in [1.29, 1.82) is 0 Å². The number of benzene rings is 4. The Kier molecular flexibility index (Phi) is 8.40. The van der Waals surface area contributed by atoms with E-state index in [-0.39, 0.29) is 22.8 Å². The van der Waals surface area contributed by atoms with Crippen molar-refractivity contribution in [2.45, 2.75) is 24.5 Å². The quantitative estimate of drug-likeness (QED) is 0.275. The summed E-state index contributed by atoms with van der Waals surface area (Å²) in [6.45, 7) is 1.61. The fourth-order valence-corrected chi connectivity index (χ4v) is 4.51. The average Bonchev–Trinajstić information content (AvgIpc) is 2.94. The maximum Gasteiger partial charge on any atom is 0.328 e. The molecule has 0 bridgehead atoms. The van der Waals surface area contributed by atoms with Crippen molar-refractivity contribution < 1.29 is 27.5 Å². The number of nitrogens with one attached hydrogen (secondary N) is 2. The molecule has 0 saturated heterocycles. The van der Waals surface area contributed by atoms with Gasteiger partial charge < -0.3 is 14.8 Å². The second-order valence-electron chi connectivity index (χ2n) is 8.33. The topological polar surface area (TPSA) is 111 Å². The molecule has 4 aromatic carbocycles. The standard InChI is InChI=1S/C29H26N2O6S/c1-21(29(33)36-20-22-10-4-2-5-11-22)30-28(32)23-16-18-25(19-17-23)38(34,35)31-26-14-8-9-15-27(26)37-24-12-6-3-7-13-24/h2-19,21,31H,20H2,1H3,(H,30,32)/t21-/m0/s1. The molecule has 0 fully saturated rings. The van der Waals surface area contributed by atoms with Crippen LogP contribution in [0, 0.1) is 0 Å². The van der Waals surface area contributed by atoms with E-state index in [1.54, 1.807) is 36.4 Å². The van der Waals surface area contributed by atoms with Crippen LogP contribution < -0.4 is 14.8 Å². The van der Waals surface area contributed by atoms with Crippen LogP contribution in [0.25, 0.3) is 0 Å². The van der Waals surface area contributed by atoms with Crippen molar-refractivity contribution in [3.63, 3.8) is 0 Å². The summed E-state index contributed by atoms with van der Waals surface area (Å²) in [5, 5.41) is 2.57. The number of ether oxygens (including phenoxy) is 2. The third kappa shape index (κ3) is 6.98. The molecule has 194 valence electrons. The van der Waals surface area contributed by atoms with Gasteiger partial charge in [0, 0.05) is 5.56 Å². The van der Waals surface area contributed by atoms with Crippen LogP contribution in [0.1, 0.15) is 22.8 Å². The molecule has 4 rings (SSSR count). The third-order valence-electron chi connectivity index (χ3n) is 5.45. The minimum atomic E-state index is -3.98. The fraction of sp³-hybridized carbons (Fsp3) is 0.103. The Morgan fingerprint density at radius 1 is 0.789 bits per heavy atom. The molecule has 0 radical (unpaired) electrons. The van der Waals surface area contributed by atoms with Gasteiger partial charge >= 0.3 is 5.97 Å². The molecule has 8 nitrogen and oxygen atoms in total. The lowest BCUT2D eigenvalue weighted by Gasteiger charge is -2.15. The molecule has 0 unspecified atom stereocenters. The van der Waals surface area contributed by atoms with E-state index in [1.807, 2.05) is 48.5 Å². The molecule has 38 heavy (non-hydrogen) atoms. The van der Waals surface area contributed by atoms with Crippen LogP contribution >= 0.6 is 0 Å². The molecule has 4 aromatic rings. The SMILES string of the molecule is C[C@H](NC(=O)c1ccc(S(=O)(=O)Nc2ccccc2Oc2ccccc2)cc1)C(=O)OCc1ccccc1. The molecule has 2 N–H and O–H groups in total. The Hall–Kier alpha value is -4.63. The Bertz CT molecular complexity index is 1490. The van der Waals surface area contributed by atoms with Gasteiger partial charge in [-0.3, -0.25) is 9.52 Å². The second kappa shape index (κ2) is 12.1. The lowest BCUT2D eigenvalue weighted by molar-refractivity contribution is -0.146. The summed E-state index contributed by atoms with van der Waals surface area (Å²) in [6, 6.07) is 29.4. The summed E-state index contributed by atoms with van der Waals surface area (Å²) in [5.41, 5.74) is 1.29. The predicted octanol–water partition coefficient (Wildman–Crippen LogP) is 5.14. The summed E-state index contributed by atoms with van der Waals surface area (Å²) in [6.07, 6.45) is 0. The summed E-state index contributed by atoms with van der Waals surface area (Å²) in [4.78, 5) is 24.8. The molecule has 0 heterocycles. The molecule has 0 aliphatic carbocycles. The number of rotatable bonds is 10. The van der Waals surface area contributed by atoms with Gasteiger partial charge in [-0.05, 0) is 61.0 Å². The summed E-state index contributed by atoms with van der Waals surface area (Å²) in [5.74, 6) is -0.214. The second-order valence-corrected chi connectivity index (χ2v) is 10.0. The van der Waals surface area contributed by atoms with E-state index in [2.05, 4.69) is 10.0 Å². The normalized spacial score (nSPS) is 11.7. The van der Waals surface area contributed by atoms with Crippen LogP contribution in [0.2, 0.25) is 0 Å². The van der Waals surface area contributed by atoms with E-state index < -0.39 is 27.9 Å². The van der Waals surface area contributed by atoms with E-state index >= 15 is 0 Å². The molecular formula is C29H26N2O6S. The molecule has 0 saturated carbocycles. The van der Waals surface area contributed by atoms with Crippen LogP contribution in [-0.4, -0.2) is 26.3 Å². The minimum absolute atomic E-state index is 0.0427. The molecule has 1 amide bonds. The first kappa shape index (κ1) is 26.4. The number of hydrogen-bond donors (Lipinski definition) is 2. The molecule has 0 spiro atoms. The number of sulfonamides is 1. The monoisotopic (exact) mass is 530 g/mol. The Morgan fingerprint density at radius 3 is 2.08 bits per heavy atom. The lowest BCUT2D eigenvalue weighted by Crippen LogP contribution is -2.39. The average molecular weight is 531 g/mol. The zero-order valence-electron chi connectivity index (χ0n) is 20.5. The van der Waals surface area contributed by atoms with E-state index in [0.29, 0.717) is 11.5 Å². The highest BCUT2D eigenvalue weighted by Gasteiger charge is 2.20. The molecule has 0 aromatic heterocycles. The van der Waals surface area contributed by atoms with Crippen molar-refractivity contribution >= 4 is 27.6 Å². The number of amides is 1. The van der Waals surface area contributed by atoms with E-state index in [0.717, 1.165) is 5.56 Å². The number of esters is 1. The first-order valence-electron chi connectivity index (χ1n) is 11.8. The molecule has 1 atom stereocenters. The van der Waals surface area contributed by atoms with Crippen molar-refractivity contribution in [2.75, 3.05) is 4.72 Å². The van der Waals surface area contributed by atoms with Crippen LogP contribution in [0.4, 0.5) is 5.69 Å². The van der Waals surface area contributed by atoms with Crippen molar-refractivity contribution in [1.82, 2.24) is 5.32 Å². The number of hydrogen-bond acceptors (Lipinski definition) is 6. The minimum Gasteiger partial charge on any atom is -0.459 e. The summed E-state index contributed by atoms with van der Waals surface area (Å²) in [7, 11) is -3.98.